The molecule has 0 N–H and O–H groups in total. The van der Waals surface area contributed by atoms with Crippen LogP contribution in [0.1, 0.15) is 0 Å². The van der Waals surface area contributed by atoms with Crippen LogP contribution >= 0.6 is 0 Å². The monoisotopic (exact) mass is 1700 g/mol. The third-order valence-electron chi connectivity index (χ3n) is 27.2. The zero-order valence-electron chi connectivity index (χ0n) is 72.4. The van der Waals surface area contributed by atoms with E-state index in [9.17, 15) is 0 Å². The predicted molar refractivity (Wildman–Crippen MR) is 555 cm³/mol. The number of aromatic nitrogens is 10. The second-order valence-electron chi connectivity index (χ2n) is 34.8. The minimum Gasteiger partial charge on any atom is -0.309 e. The van der Waals surface area contributed by atoms with E-state index in [4.69, 9.17) is 29.9 Å². The fraction of sp³-hybridized carbons (Fsp3) is 0. The number of benzene rings is 20. The molecule has 0 unspecified atom stereocenters. The summed E-state index contributed by atoms with van der Waals surface area (Å²) in [5.74, 6) is 3.83. The van der Waals surface area contributed by atoms with Crippen LogP contribution < -0.4 is 0 Å². The molecule has 8 aromatic heterocycles. The number of fused-ring (bicyclic) bond motifs is 19. The number of para-hydroxylation sites is 6. The number of nitrogens with zero attached hydrogens (tertiary/aromatic N) is 10. The quantitative estimate of drug-likeness (QED) is 0.114. The van der Waals surface area contributed by atoms with Gasteiger partial charge in [0, 0.05) is 109 Å². The van der Waals surface area contributed by atoms with E-state index < -0.39 is 0 Å². The van der Waals surface area contributed by atoms with E-state index in [0.717, 1.165) is 66.8 Å². The van der Waals surface area contributed by atoms with E-state index in [-0.39, 0.29) is 0 Å². The van der Waals surface area contributed by atoms with Crippen LogP contribution in [0.2, 0.25) is 0 Å². The van der Waals surface area contributed by atoms with Gasteiger partial charge in [-0.15, -0.1) is 0 Å². The van der Waals surface area contributed by atoms with E-state index in [1.54, 1.807) is 0 Å². The zero-order chi connectivity index (χ0) is 88.0. The smallest absolute Gasteiger partial charge is 0.164 e. The average molecular weight is 1710 g/mol. The van der Waals surface area contributed by atoms with Crippen molar-refractivity contribution in [2.75, 3.05) is 0 Å². The Morgan fingerprint density at radius 3 is 0.843 bits per heavy atom. The Bertz CT molecular complexity index is 9370. The standard InChI is InChI=1S/C67H41N5.C57H35N5/c1-3-15-44(16-4-1)65-68-66(45-17-5-2-6-18-45)70-67(69-65)48-19-11-20-49(39-48)71-60-29-9-8-22-55(60)58-40-46(35-37-62(58)71)42-31-33-43(34-32-42)50-23-12-26-53-51(24-13-25-52(50)53)47-36-38-63-59(41-47)57-28-14-27-56-54-21-7-10-30-61(54)72(63)64(56)57;1-3-15-36(16-4-1)55-58-56(37-17-5-2-6-18-37)60-57(59-55)41-21-14-22-43(32-41)61-50-26-10-7-23-44(50)47-33-40(29-30-53(47)61)38-19-13-20-39(31-38)42-34-48-45-24-8-11-27-51(45)62-52-28-12-9-25-46(52)49(35-42)54(48)62/h1-41H;1-35H. The lowest BCUT2D eigenvalue weighted by Gasteiger charge is -2.13. The molecule has 0 saturated heterocycles. The molecule has 0 aliphatic heterocycles. The van der Waals surface area contributed by atoms with Gasteiger partial charge in [-0.2, -0.15) is 0 Å². The molecule has 10 nitrogen and oxygen atoms in total. The topological polar surface area (TPSA) is 96.0 Å². The molecule has 134 heavy (non-hydrogen) atoms. The summed E-state index contributed by atoms with van der Waals surface area (Å²) < 4.78 is 9.60. The third kappa shape index (κ3) is 12.4. The van der Waals surface area contributed by atoms with Gasteiger partial charge >= 0.3 is 0 Å². The van der Waals surface area contributed by atoms with Gasteiger partial charge in [-0.05, 0) is 176 Å². The van der Waals surface area contributed by atoms with Crippen molar-refractivity contribution in [2.45, 2.75) is 0 Å². The number of hydrogen-bond donors (Lipinski definition) is 0. The molecule has 28 aromatic rings. The molecule has 20 aromatic carbocycles. The molecule has 622 valence electrons. The first-order valence-electron chi connectivity index (χ1n) is 45.5. The Morgan fingerprint density at radius 2 is 0.381 bits per heavy atom. The second kappa shape index (κ2) is 30.8. The molecule has 0 spiro atoms. The summed E-state index contributed by atoms with van der Waals surface area (Å²) in [5.41, 5.74) is 31.8. The molecule has 0 aliphatic rings. The van der Waals surface area contributed by atoms with Crippen LogP contribution in [-0.4, -0.2) is 47.8 Å². The zero-order valence-corrected chi connectivity index (χ0v) is 72.4. The van der Waals surface area contributed by atoms with E-state index in [2.05, 4.69) is 358 Å². The van der Waals surface area contributed by atoms with Gasteiger partial charge in [0.25, 0.3) is 0 Å². The lowest BCUT2D eigenvalue weighted by molar-refractivity contribution is 1.07. The molecule has 0 amide bonds. The van der Waals surface area contributed by atoms with E-state index >= 15 is 0 Å². The molecule has 0 saturated carbocycles. The van der Waals surface area contributed by atoms with Gasteiger partial charge in [0.2, 0.25) is 0 Å². The summed E-state index contributed by atoms with van der Waals surface area (Å²) in [5, 5.41) is 17.6. The van der Waals surface area contributed by atoms with Crippen molar-refractivity contribution in [3.8, 4) is 135 Å². The maximum Gasteiger partial charge on any atom is 0.164 e. The van der Waals surface area contributed by atoms with Crippen LogP contribution in [0.4, 0.5) is 0 Å². The van der Waals surface area contributed by atoms with E-state index in [0.29, 0.717) is 34.9 Å². The average Bonchev–Trinajstić information content (AvgIpc) is 1.54. The predicted octanol–water partition coefficient (Wildman–Crippen LogP) is 31.7. The highest BCUT2D eigenvalue weighted by molar-refractivity contribution is 6.26. The summed E-state index contributed by atoms with van der Waals surface area (Å²) in [6, 6.07) is 165. The number of rotatable bonds is 13. The van der Waals surface area contributed by atoms with Crippen molar-refractivity contribution in [3.63, 3.8) is 0 Å². The third-order valence-corrected chi connectivity index (χ3v) is 27.2. The van der Waals surface area contributed by atoms with Crippen molar-refractivity contribution >= 4 is 131 Å². The number of hydrogen-bond acceptors (Lipinski definition) is 6. The maximum absolute atomic E-state index is 5.04. The van der Waals surface area contributed by atoms with Crippen LogP contribution in [0.5, 0.6) is 0 Å². The Hall–Kier alpha value is -18.1. The van der Waals surface area contributed by atoms with E-state index in [1.807, 2.05) is 121 Å². The minimum atomic E-state index is 0.628. The van der Waals surface area contributed by atoms with Crippen molar-refractivity contribution in [3.05, 3.63) is 461 Å². The van der Waals surface area contributed by atoms with Gasteiger partial charge in [0.1, 0.15) is 0 Å². The minimum absolute atomic E-state index is 0.628. The van der Waals surface area contributed by atoms with Crippen molar-refractivity contribution in [2.24, 2.45) is 0 Å². The molecule has 0 radical (unpaired) electrons. The Morgan fingerprint density at radius 1 is 0.127 bits per heavy atom. The second-order valence-corrected chi connectivity index (χ2v) is 34.8. The molecular formula is C124H76N10. The molecule has 0 atom stereocenters. The van der Waals surface area contributed by atoms with Crippen LogP contribution in [0, 0.1) is 0 Å². The summed E-state index contributed by atoms with van der Waals surface area (Å²) in [7, 11) is 0. The molecule has 8 heterocycles. The molecule has 0 fully saturated rings. The molecular weight excluding hydrogens is 1630 g/mol. The van der Waals surface area contributed by atoms with E-state index in [1.165, 1.54) is 164 Å². The van der Waals surface area contributed by atoms with Crippen LogP contribution in [-0.2, 0) is 0 Å². The highest BCUT2D eigenvalue weighted by Crippen LogP contribution is 2.47. The molecule has 0 aliphatic carbocycles. The summed E-state index contributed by atoms with van der Waals surface area (Å²) in [6.07, 6.45) is 0. The SMILES string of the molecule is c1ccc(-c2nc(-c3ccccc3)nc(-c3cccc(-n4c5ccccc5c5cc(-c6ccc(-c7cccc8c(-c9ccc%10c(c9)c9cccc%11c%12ccccc%12n%10c%119)cccc78)cc6)ccc54)c3)n2)cc1.c1ccc(-c2nc(-c3ccccc3)nc(-c3cccc(-n4c5ccccc5c5cc(-c6cccc(-c7cc8c9ccccc9n9c%10ccccc%10c(c7)c89)c6)ccc54)c3)n2)cc1. The summed E-state index contributed by atoms with van der Waals surface area (Å²) in [6.45, 7) is 0. The van der Waals surface area contributed by atoms with Gasteiger partial charge in [-0.25, -0.2) is 29.9 Å². The first-order valence-corrected chi connectivity index (χ1v) is 45.5. The summed E-state index contributed by atoms with van der Waals surface area (Å²) >= 11 is 0. The van der Waals surface area contributed by atoms with Crippen molar-refractivity contribution in [1.29, 1.82) is 0 Å². The van der Waals surface area contributed by atoms with Crippen LogP contribution in [0.3, 0.4) is 0 Å². The fourth-order valence-corrected chi connectivity index (χ4v) is 21.1. The first kappa shape index (κ1) is 76.0. The highest BCUT2D eigenvalue weighted by Gasteiger charge is 2.25. The molecule has 28 rings (SSSR count). The normalized spacial score (nSPS) is 11.9. The molecule has 0 bridgehead atoms. The van der Waals surface area contributed by atoms with Gasteiger partial charge in [0.05, 0.1) is 55.2 Å². The van der Waals surface area contributed by atoms with Gasteiger partial charge in [-0.3, -0.25) is 0 Å². The maximum atomic E-state index is 5.04. The van der Waals surface area contributed by atoms with Crippen molar-refractivity contribution < 1.29 is 0 Å². The van der Waals surface area contributed by atoms with Crippen LogP contribution in [0.25, 0.3) is 266 Å². The lowest BCUT2D eigenvalue weighted by atomic mass is 9.91. The molecule has 10 heteroatoms. The van der Waals surface area contributed by atoms with Crippen molar-refractivity contribution in [1.82, 2.24) is 47.8 Å². The van der Waals surface area contributed by atoms with Gasteiger partial charge in [0.15, 0.2) is 34.9 Å². The summed E-state index contributed by atoms with van der Waals surface area (Å²) in [4.78, 5) is 30.0. The van der Waals surface area contributed by atoms with Crippen LogP contribution in [0.15, 0.2) is 461 Å². The first-order chi connectivity index (χ1) is 66.4. The van der Waals surface area contributed by atoms with Gasteiger partial charge in [-0.1, -0.05) is 352 Å². The fourth-order valence-electron chi connectivity index (χ4n) is 21.1. The largest absolute Gasteiger partial charge is 0.309 e. The highest BCUT2D eigenvalue weighted by atomic mass is 15.1. The lowest BCUT2D eigenvalue weighted by Crippen LogP contribution is -2.01. The Kier molecular flexibility index (Phi) is 17.5. The van der Waals surface area contributed by atoms with Gasteiger partial charge < -0.3 is 17.9 Å². The Labute approximate surface area is 769 Å². The Balaban J connectivity index is 0.000000138.